The summed E-state index contributed by atoms with van der Waals surface area (Å²) >= 11 is 7.01. The first-order valence-electron chi connectivity index (χ1n) is 11.8. The van der Waals surface area contributed by atoms with E-state index in [1.165, 1.54) is 0 Å². The Morgan fingerprint density at radius 3 is 2.55 bits per heavy atom. The van der Waals surface area contributed by atoms with Crippen LogP contribution in [0.4, 0.5) is 14.5 Å². The highest BCUT2D eigenvalue weighted by molar-refractivity contribution is 6.31. The summed E-state index contributed by atoms with van der Waals surface area (Å²) in [7, 11) is 0. The van der Waals surface area contributed by atoms with Gasteiger partial charge in [-0.1, -0.05) is 11.6 Å². The quantitative estimate of drug-likeness (QED) is 0.309. The standard InChI is InChI=1S/C27H24ClF2N7O/c1-15-12-31-7-6-23(15)36-17(3)10-24(38-14-22-20(30)11-19(29)13-33-22)25(28)26(36)21-5-8-32-27(34-21)37-18(4)9-16(2)35-37/h5-13,26H,14H2,1-4H3. The van der Waals surface area contributed by atoms with Gasteiger partial charge in [-0.15, -0.1) is 0 Å². The molecule has 0 radical (unpaired) electrons. The molecule has 0 fully saturated rings. The third-order valence-electron chi connectivity index (χ3n) is 6.10. The van der Waals surface area contributed by atoms with Crippen LogP contribution < -0.4 is 4.90 Å². The van der Waals surface area contributed by atoms with Gasteiger partial charge in [0.2, 0.25) is 0 Å². The van der Waals surface area contributed by atoms with E-state index in [9.17, 15) is 8.78 Å². The molecule has 5 rings (SSSR count). The first-order chi connectivity index (χ1) is 18.2. The van der Waals surface area contributed by atoms with Crippen LogP contribution in [0.5, 0.6) is 0 Å². The molecule has 0 bridgehead atoms. The summed E-state index contributed by atoms with van der Waals surface area (Å²) < 4.78 is 35.1. The SMILES string of the molecule is CC1=CC(OCc2ncc(F)cc2F)=C(Cl)C(c2ccnc(-n3nc(C)cc3C)n2)N1c1ccncc1C. The smallest absolute Gasteiger partial charge is 0.251 e. The van der Waals surface area contributed by atoms with E-state index in [-0.39, 0.29) is 12.3 Å². The summed E-state index contributed by atoms with van der Waals surface area (Å²) in [4.78, 5) is 19.3. The maximum atomic E-state index is 14.2. The Balaban J connectivity index is 1.59. The van der Waals surface area contributed by atoms with Crippen LogP contribution in [-0.2, 0) is 11.3 Å². The Hall–Kier alpha value is -4.18. The lowest BCUT2D eigenvalue weighted by molar-refractivity contribution is 0.198. The molecule has 0 saturated heterocycles. The van der Waals surface area contributed by atoms with Crippen LogP contribution in [0.1, 0.15) is 41.3 Å². The zero-order chi connectivity index (χ0) is 27.0. The molecule has 0 aliphatic carbocycles. The fraction of sp³-hybridized carbons (Fsp3) is 0.222. The Morgan fingerprint density at radius 1 is 1.03 bits per heavy atom. The molecule has 1 aliphatic heterocycles. The van der Waals surface area contributed by atoms with E-state index in [1.54, 1.807) is 35.4 Å². The minimum absolute atomic E-state index is 0.0350. The van der Waals surface area contributed by atoms with Gasteiger partial charge in [-0.3, -0.25) is 9.97 Å². The molecule has 0 N–H and O–H groups in total. The van der Waals surface area contributed by atoms with Crippen molar-refractivity contribution in [3.63, 3.8) is 0 Å². The number of halogens is 3. The molecular formula is C27H24ClF2N7O. The summed E-state index contributed by atoms with van der Waals surface area (Å²) in [5.74, 6) is -0.832. The summed E-state index contributed by atoms with van der Waals surface area (Å²) in [6, 6.07) is 5.79. The molecular weight excluding hydrogens is 512 g/mol. The Bertz CT molecular complexity index is 1580. The molecule has 5 heterocycles. The lowest BCUT2D eigenvalue weighted by atomic mass is 10.0. The van der Waals surface area contributed by atoms with Crippen molar-refractivity contribution in [1.82, 2.24) is 29.7 Å². The molecule has 4 aromatic heterocycles. The van der Waals surface area contributed by atoms with Gasteiger partial charge in [0, 0.05) is 47.8 Å². The molecule has 0 spiro atoms. The van der Waals surface area contributed by atoms with Crippen LogP contribution in [0.25, 0.3) is 5.95 Å². The number of hydrogen-bond acceptors (Lipinski definition) is 7. The first kappa shape index (κ1) is 25.5. The first-order valence-corrected chi connectivity index (χ1v) is 12.2. The van der Waals surface area contributed by atoms with E-state index in [0.29, 0.717) is 22.4 Å². The molecule has 0 aromatic carbocycles. The fourth-order valence-corrected chi connectivity index (χ4v) is 4.68. The van der Waals surface area contributed by atoms with E-state index in [0.717, 1.165) is 40.6 Å². The van der Waals surface area contributed by atoms with E-state index >= 15 is 0 Å². The second-order valence-corrected chi connectivity index (χ2v) is 9.33. The van der Waals surface area contributed by atoms with Crippen molar-refractivity contribution in [3.8, 4) is 5.95 Å². The summed E-state index contributed by atoms with van der Waals surface area (Å²) in [6.07, 6.45) is 7.84. The maximum Gasteiger partial charge on any atom is 0.251 e. The van der Waals surface area contributed by atoms with Gasteiger partial charge in [-0.25, -0.2) is 23.4 Å². The van der Waals surface area contributed by atoms with Crippen molar-refractivity contribution in [1.29, 1.82) is 0 Å². The second-order valence-electron chi connectivity index (χ2n) is 8.92. The number of allylic oxidation sites excluding steroid dienone is 2. The number of pyridine rings is 2. The zero-order valence-electron chi connectivity index (χ0n) is 21.2. The van der Waals surface area contributed by atoms with Crippen LogP contribution in [-0.4, -0.2) is 29.7 Å². The van der Waals surface area contributed by atoms with Crippen LogP contribution in [0.2, 0.25) is 0 Å². The normalized spacial score (nSPS) is 15.6. The van der Waals surface area contributed by atoms with E-state index < -0.39 is 17.7 Å². The molecule has 194 valence electrons. The number of aryl methyl sites for hydroxylation is 3. The fourth-order valence-electron chi connectivity index (χ4n) is 4.36. The average molecular weight is 536 g/mol. The van der Waals surface area contributed by atoms with Gasteiger partial charge < -0.3 is 9.64 Å². The van der Waals surface area contributed by atoms with Gasteiger partial charge in [0.25, 0.3) is 5.95 Å². The van der Waals surface area contributed by atoms with Crippen LogP contribution in [0, 0.1) is 32.4 Å². The lowest BCUT2D eigenvalue weighted by Gasteiger charge is -2.38. The van der Waals surface area contributed by atoms with E-state index in [2.05, 4.69) is 20.1 Å². The number of ether oxygens (including phenoxy) is 1. The monoisotopic (exact) mass is 535 g/mol. The number of anilines is 1. The van der Waals surface area contributed by atoms with Crippen molar-refractivity contribution >= 4 is 17.3 Å². The Kier molecular flexibility index (Phi) is 6.90. The van der Waals surface area contributed by atoms with Crippen molar-refractivity contribution in [2.24, 2.45) is 0 Å². The predicted molar refractivity (Wildman–Crippen MR) is 138 cm³/mol. The van der Waals surface area contributed by atoms with Crippen molar-refractivity contribution in [2.75, 3.05) is 4.90 Å². The second kappa shape index (κ2) is 10.3. The summed E-state index contributed by atoms with van der Waals surface area (Å²) in [5, 5.41) is 4.83. The highest BCUT2D eigenvalue weighted by atomic mass is 35.5. The number of nitrogens with zero attached hydrogens (tertiary/aromatic N) is 7. The number of hydrogen-bond donors (Lipinski definition) is 0. The van der Waals surface area contributed by atoms with Gasteiger partial charge >= 0.3 is 0 Å². The Labute approximate surface area is 223 Å². The highest BCUT2D eigenvalue weighted by Crippen LogP contribution is 2.43. The third kappa shape index (κ3) is 4.87. The molecule has 1 atom stereocenters. The maximum absolute atomic E-state index is 14.2. The topological polar surface area (TPSA) is 81.8 Å². The van der Waals surface area contributed by atoms with Gasteiger partial charge in [0.15, 0.2) is 5.82 Å². The van der Waals surface area contributed by atoms with Gasteiger partial charge in [0.1, 0.15) is 29.9 Å². The third-order valence-corrected chi connectivity index (χ3v) is 6.49. The predicted octanol–water partition coefficient (Wildman–Crippen LogP) is 5.79. The van der Waals surface area contributed by atoms with Gasteiger partial charge in [-0.05, 0) is 51.5 Å². The van der Waals surface area contributed by atoms with Crippen LogP contribution in [0.3, 0.4) is 0 Å². The highest BCUT2D eigenvalue weighted by Gasteiger charge is 2.34. The van der Waals surface area contributed by atoms with E-state index in [1.807, 2.05) is 44.7 Å². The van der Waals surface area contributed by atoms with Gasteiger partial charge in [-0.2, -0.15) is 5.10 Å². The van der Waals surface area contributed by atoms with Crippen LogP contribution in [0.15, 0.2) is 71.6 Å². The minimum Gasteiger partial charge on any atom is -0.486 e. The van der Waals surface area contributed by atoms with Crippen molar-refractivity contribution in [2.45, 2.75) is 40.3 Å². The summed E-state index contributed by atoms with van der Waals surface area (Å²) in [6.45, 7) is 7.47. The zero-order valence-corrected chi connectivity index (χ0v) is 21.9. The van der Waals surface area contributed by atoms with Gasteiger partial charge in [0.05, 0.1) is 22.6 Å². The van der Waals surface area contributed by atoms with Crippen molar-refractivity contribution in [3.05, 3.63) is 112 Å². The molecule has 4 aromatic rings. The molecule has 1 aliphatic rings. The molecule has 38 heavy (non-hydrogen) atoms. The molecule has 8 nitrogen and oxygen atoms in total. The molecule has 11 heteroatoms. The number of rotatable bonds is 6. The van der Waals surface area contributed by atoms with Crippen molar-refractivity contribution < 1.29 is 13.5 Å². The molecule has 0 amide bonds. The molecule has 0 saturated carbocycles. The van der Waals surface area contributed by atoms with Crippen LogP contribution >= 0.6 is 11.6 Å². The Morgan fingerprint density at radius 2 is 1.84 bits per heavy atom. The largest absolute Gasteiger partial charge is 0.486 e. The summed E-state index contributed by atoms with van der Waals surface area (Å²) in [5.41, 5.74) is 4.93. The minimum atomic E-state index is -0.797. The average Bonchev–Trinajstić information content (AvgIpc) is 3.23. The lowest BCUT2D eigenvalue weighted by Crippen LogP contribution is -2.32. The molecule has 1 unspecified atom stereocenters. The number of aromatic nitrogens is 6. The van der Waals surface area contributed by atoms with E-state index in [4.69, 9.17) is 21.3 Å².